The van der Waals surface area contributed by atoms with Crippen molar-refractivity contribution in [2.45, 2.75) is 6.42 Å². The maximum Gasteiger partial charge on any atom is 0.315 e. The Morgan fingerprint density at radius 2 is 2.47 bits per heavy atom. The number of carboxylic acids is 1. The molecule has 5 nitrogen and oxygen atoms in total. The van der Waals surface area contributed by atoms with Gasteiger partial charge in [0, 0.05) is 17.8 Å². The number of aromatic nitrogens is 1. The molecule has 0 spiro atoms. The first-order chi connectivity index (χ1) is 7.13. The first-order valence-electron chi connectivity index (χ1n) is 4.13. The maximum absolute atomic E-state index is 10.2. The highest BCUT2D eigenvalue weighted by atomic mass is 16.5. The third-order valence-electron chi connectivity index (χ3n) is 1.57. The maximum atomic E-state index is 10.2. The highest BCUT2D eigenvalue weighted by molar-refractivity contribution is 5.70. The summed E-state index contributed by atoms with van der Waals surface area (Å²) in [5.41, 5.74) is 6.07. The number of nitrogen functional groups attached to an aromatic ring is 1. The van der Waals surface area contributed by atoms with Crippen molar-refractivity contribution in [3.8, 4) is 17.6 Å². The Kier molecular flexibility index (Phi) is 3.52. The van der Waals surface area contributed by atoms with Crippen molar-refractivity contribution in [1.82, 2.24) is 4.98 Å². The molecular weight excluding hydrogens is 196 g/mol. The first-order valence-corrected chi connectivity index (χ1v) is 4.13. The number of ether oxygens (including phenoxy) is 1. The van der Waals surface area contributed by atoms with Gasteiger partial charge in [0.2, 0.25) is 0 Å². The van der Waals surface area contributed by atoms with E-state index in [1.54, 1.807) is 6.07 Å². The molecule has 78 valence electrons. The van der Waals surface area contributed by atoms with Crippen LogP contribution in [0, 0.1) is 11.8 Å². The van der Waals surface area contributed by atoms with Crippen LogP contribution in [0.2, 0.25) is 0 Å². The summed E-state index contributed by atoms with van der Waals surface area (Å²) in [4.78, 5) is 14.1. The fourth-order valence-corrected chi connectivity index (χ4v) is 0.909. The Morgan fingerprint density at radius 1 is 1.73 bits per heavy atom. The molecule has 0 atom stereocenters. The van der Waals surface area contributed by atoms with E-state index in [1.165, 1.54) is 13.3 Å². The summed E-state index contributed by atoms with van der Waals surface area (Å²) in [6, 6.07) is 1.61. The lowest BCUT2D eigenvalue weighted by Gasteiger charge is -2.02. The van der Waals surface area contributed by atoms with Crippen LogP contribution >= 0.6 is 0 Å². The molecule has 0 aliphatic heterocycles. The highest BCUT2D eigenvalue weighted by Gasteiger charge is 2.00. The molecule has 0 aliphatic carbocycles. The van der Waals surface area contributed by atoms with E-state index < -0.39 is 5.97 Å². The molecule has 0 bridgehead atoms. The lowest BCUT2D eigenvalue weighted by molar-refractivity contribution is -0.135. The Morgan fingerprint density at radius 3 is 3.07 bits per heavy atom. The van der Waals surface area contributed by atoms with Crippen molar-refractivity contribution in [3.05, 3.63) is 17.8 Å². The zero-order valence-electron chi connectivity index (χ0n) is 8.15. The number of rotatable bonds is 2. The second kappa shape index (κ2) is 4.86. The lowest BCUT2D eigenvalue weighted by Crippen LogP contribution is -1.96. The number of hydrogen-bond donors (Lipinski definition) is 2. The van der Waals surface area contributed by atoms with E-state index in [0.717, 1.165) is 0 Å². The zero-order valence-corrected chi connectivity index (χ0v) is 8.15. The molecule has 3 N–H and O–H groups in total. The SMILES string of the molecule is COc1cc(C#CCC(=O)O)cnc1N. The van der Waals surface area contributed by atoms with Crippen molar-refractivity contribution in [1.29, 1.82) is 0 Å². The third kappa shape index (κ3) is 3.19. The number of hydrogen-bond acceptors (Lipinski definition) is 4. The monoisotopic (exact) mass is 206 g/mol. The van der Waals surface area contributed by atoms with E-state index in [2.05, 4.69) is 16.8 Å². The van der Waals surface area contributed by atoms with Crippen LogP contribution in [0.25, 0.3) is 0 Å². The van der Waals surface area contributed by atoms with E-state index in [4.69, 9.17) is 15.6 Å². The fraction of sp³-hybridized carbons (Fsp3) is 0.200. The van der Waals surface area contributed by atoms with Crippen molar-refractivity contribution in [2.24, 2.45) is 0 Å². The zero-order chi connectivity index (χ0) is 11.3. The molecule has 0 saturated heterocycles. The molecule has 5 heteroatoms. The van der Waals surface area contributed by atoms with Crippen molar-refractivity contribution >= 4 is 11.8 Å². The van der Waals surface area contributed by atoms with Crippen LogP contribution in [0.3, 0.4) is 0 Å². The van der Waals surface area contributed by atoms with Gasteiger partial charge in [-0.25, -0.2) is 4.98 Å². The van der Waals surface area contributed by atoms with E-state index in [9.17, 15) is 4.79 Å². The van der Waals surface area contributed by atoms with Gasteiger partial charge in [-0.2, -0.15) is 0 Å². The van der Waals surface area contributed by atoms with E-state index >= 15 is 0 Å². The molecule has 1 aromatic rings. The number of anilines is 1. The molecule has 1 rings (SSSR count). The Labute approximate surface area is 86.9 Å². The summed E-state index contributed by atoms with van der Waals surface area (Å²) in [5.74, 6) is 4.88. The van der Waals surface area contributed by atoms with Crippen molar-refractivity contribution < 1.29 is 14.6 Å². The molecule has 0 saturated carbocycles. The summed E-state index contributed by atoms with van der Waals surface area (Å²) in [5, 5.41) is 8.37. The van der Waals surface area contributed by atoms with Crippen LogP contribution in [0.4, 0.5) is 5.82 Å². The highest BCUT2D eigenvalue weighted by Crippen LogP contribution is 2.18. The van der Waals surface area contributed by atoms with Crippen LogP contribution in [0.1, 0.15) is 12.0 Å². The van der Waals surface area contributed by atoms with Crippen LogP contribution in [0.5, 0.6) is 5.75 Å². The van der Waals surface area contributed by atoms with E-state index in [-0.39, 0.29) is 12.2 Å². The summed E-state index contributed by atoms with van der Waals surface area (Å²) >= 11 is 0. The van der Waals surface area contributed by atoms with E-state index in [0.29, 0.717) is 11.3 Å². The predicted octanol–water partition coefficient (Wildman–Crippen LogP) is 0.499. The Hall–Kier alpha value is -2.22. The average molecular weight is 206 g/mol. The van der Waals surface area contributed by atoms with Gasteiger partial charge in [-0.1, -0.05) is 11.8 Å². The summed E-state index contributed by atoms with van der Waals surface area (Å²) in [6.07, 6.45) is 1.26. The number of carbonyl (C=O) groups is 1. The van der Waals surface area contributed by atoms with Crippen LogP contribution in [-0.2, 0) is 4.79 Å². The average Bonchev–Trinajstić information content (AvgIpc) is 2.20. The van der Waals surface area contributed by atoms with Gasteiger partial charge in [0.1, 0.15) is 6.42 Å². The van der Waals surface area contributed by atoms with Crippen molar-refractivity contribution in [2.75, 3.05) is 12.8 Å². The Bertz CT molecular complexity index is 432. The molecule has 15 heavy (non-hydrogen) atoms. The van der Waals surface area contributed by atoms with Gasteiger partial charge in [-0.3, -0.25) is 4.79 Å². The van der Waals surface area contributed by atoms with Crippen molar-refractivity contribution in [3.63, 3.8) is 0 Å². The molecule has 0 unspecified atom stereocenters. The molecule has 0 radical (unpaired) electrons. The van der Waals surface area contributed by atoms with Gasteiger partial charge >= 0.3 is 5.97 Å². The minimum Gasteiger partial charge on any atom is -0.493 e. The topological polar surface area (TPSA) is 85.4 Å². The Balaban J connectivity index is 2.85. The predicted molar refractivity (Wildman–Crippen MR) is 54.3 cm³/mol. The minimum absolute atomic E-state index is 0.202. The lowest BCUT2D eigenvalue weighted by atomic mass is 10.2. The first kappa shape index (κ1) is 10.9. The van der Waals surface area contributed by atoms with Crippen LogP contribution in [0.15, 0.2) is 12.3 Å². The fourth-order valence-electron chi connectivity index (χ4n) is 0.909. The summed E-state index contributed by atoms with van der Waals surface area (Å²) < 4.78 is 4.94. The normalized spacial score (nSPS) is 8.87. The molecule has 0 aromatic carbocycles. The number of pyridine rings is 1. The molecule has 0 fully saturated rings. The minimum atomic E-state index is -0.960. The molecule has 0 amide bonds. The number of nitrogens with zero attached hydrogens (tertiary/aromatic N) is 1. The molecular formula is C10H10N2O3. The van der Waals surface area contributed by atoms with Gasteiger partial charge < -0.3 is 15.6 Å². The number of nitrogens with two attached hydrogens (primary N) is 1. The third-order valence-corrected chi connectivity index (χ3v) is 1.57. The molecule has 1 heterocycles. The van der Waals surface area contributed by atoms with Gasteiger partial charge in [-0.05, 0) is 0 Å². The number of aliphatic carboxylic acids is 1. The largest absolute Gasteiger partial charge is 0.493 e. The standard InChI is InChI=1S/C10H10N2O3/c1-15-8-5-7(6-12-10(8)11)3-2-4-9(13)14/h5-6H,4H2,1H3,(H2,11,12)(H,13,14). The van der Waals surface area contributed by atoms with Gasteiger partial charge in [0.05, 0.1) is 7.11 Å². The molecule has 0 aliphatic rings. The summed E-state index contributed by atoms with van der Waals surface area (Å²) in [7, 11) is 1.47. The van der Waals surface area contributed by atoms with Crippen LogP contribution in [-0.4, -0.2) is 23.2 Å². The second-order valence-corrected chi connectivity index (χ2v) is 2.68. The number of carboxylic acid groups (broad SMARTS) is 1. The smallest absolute Gasteiger partial charge is 0.315 e. The van der Waals surface area contributed by atoms with Crippen LogP contribution < -0.4 is 10.5 Å². The van der Waals surface area contributed by atoms with Gasteiger partial charge in [0.25, 0.3) is 0 Å². The van der Waals surface area contributed by atoms with Gasteiger partial charge in [0.15, 0.2) is 11.6 Å². The second-order valence-electron chi connectivity index (χ2n) is 2.68. The van der Waals surface area contributed by atoms with E-state index in [1.807, 2.05) is 0 Å². The molecule has 1 aromatic heterocycles. The number of methoxy groups -OCH3 is 1. The van der Waals surface area contributed by atoms with Gasteiger partial charge in [-0.15, -0.1) is 0 Å². The summed E-state index contributed by atoms with van der Waals surface area (Å²) in [6.45, 7) is 0. The quantitative estimate of drug-likeness (QED) is 0.688.